The molecule has 1 saturated carbocycles. The van der Waals surface area contributed by atoms with Crippen LogP contribution in [0.4, 0.5) is 11.5 Å². The van der Waals surface area contributed by atoms with Crippen molar-refractivity contribution in [1.82, 2.24) is 4.98 Å². The Morgan fingerprint density at radius 1 is 1.35 bits per heavy atom. The fraction of sp³-hybridized carbons (Fsp3) is 0.308. The fourth-order valence-electron chi connectivity index (χ4n) is 1.92. The lowest BCUT2D eigenvalue weighted by Crippen LogP contribution is -2.25. The predicted octanol–water partition coefficient (Wildman–Crippen LogP) is 2.89. The SMILES string of the molecule is Nc1ccc(N(Cc2cccs2)C2CC2)nc1. The maximum atomic E-state index is 5.68. The summed E-state index contributed by atoms with van der Waals surface area (Å²) >= 11 is 1.80. The first-order chi connectivity index (χ1) is 8.33. The summed E-state index contributed by atoms with van der Waals surface area (Å²) in [6.45, 7) is 0.958. The first kappa shape index (κ1) is 10.6. The van der Waals surface area contributed by atoms with Crippen molar-refractivity contribution >= 4 is 22.8 Å². The minimum absolute atomic E-state index is 0.660. The van der Waals surface area contributed by atoms with Gasteiger partial charge in [-0.25, -0.2) is 4.98 Å². The van der Waals surface area contributed by atoms with Crippen molar-refractivity contribution in [2.45, 2.75) is 25.4 Å². The van der Waals surface area contributed by atoms with Gasteiger partial charge in [-0.15, -0.1) is 11.3 Å². The van der Waals surface area contributed by atoms with Gasteiger partial charge in [0.1, 0.15) is 5.82 Å². The predicted molar refractivity (Wildman–Crippen MR) is 72.2 cm³/mol. The van der Waals surface area contributed by atoms with E-state index in [0.717, 1.165) is 18.1 Å². The second kappa shape index (κ2) is 4.37. The summed E-state index contributed by atoms with van der Waals surface area (Å²) in [5.41, 5.74) is 6.40. The smallest absolute Gasteiger partial charge is 0.129 e. The number of anilines is 2. The molecular weight excluding hydrogens is 230 g/mol. The van der Waals surface area contributed by atoms with E-state index < -0.39 is 0 Å². The molecule has 2 aromatic heterocycles. The number of aromatic nitrogens is 1. The Morgan fingerprint density at radius 3 is 2.82 bits per heavy atom. The van der Waals surface area contributed by atoms with Crippen molar-refractivity contribution in [1.29, 1.82) is 0 Å². The molecule has 0 spiro atoms. The summed E-state index contributed by atoms with van der Waals surface area (Å²) in [6.07, 6.45) is 4.29. The summed E-state index contributed by atoms with van der Waals surface area (Å²) in [6, 6.07) is 8.87. The molecule has 3 rings (SSSR count). The van der Waals surface area contributed by atoms with E-state index in [9.17, 15) is 0 Å². The zero-order chi connectivity index (χ0) is 11.7. The first-order valence-corrected chi connectivity index (χ1v) is 6.71. The van der Waals surface area contributed by atoms with Gasteiger partial charge in [0.05, 0.1) is 18.4 Å². The lowest BCUT2D eigenvalue weighted by atomic mass is 10.3. The van der Waals surface area contributed by atoms with Gasteiger partial charge in [-0.2, -0.15) is 0 Å². The van der Waals surface area contributed by atoms with Crippen molar-refractivity contribution < 1.29 is 0 Å². The van der Waals surface area contributed by atoms with Crippen LogP contribution in [0, 0.1) is 0 Å². The molecule has 0 bridgehead atoms. The Hall–Kier alpha value is -1.55. The van der Waals surface area contributed by atoms with E-state index in [1.54, 1.807) is 17.5 Å². The molecule has 1 fully saturated rings. The van der Waals surface area contributed by atoms with Crippen LogP contribution in [0.15, 0.2) is 35.8 Å². The van der Waals surface area contributed by atoms with Crippen molar-refractivity contribution in [3.05, 3.63) is 40.7 Å². The van der Waals surface area contributed by atoms with E-state index in [1.807, 2.05) is 12.1 Å². The summed E-state index contributed by atoms with van der Waals surface area (Å²) in [7, 11) is 0. The highest BCUT2D eigenvalue weighted by Gasteiger charge is 2.30. The van der Waals surface area contributed by atoms with E-state index in [2.05, 4.69) is 27.4 Å². The molecule has 88 valence electrons. The highest BCUT2D eigenvalue weighted by molar-refractivity contribution is 7.09. The minimum atomic E-state index is 0.660. The molecule has 2 N–H and O–H groups in total. The average Bonchev–Trinajstić information content (AvgIpc) is 3.05. The number of hydrogen-bond acceptors (Lipinski definition) is 4. The number of nitrogen functional groups attached to an aromatic ring is 1. The third kappa shape index (κ3) is 2.42. The van der Waals surface area contributed by atoms with Crippen LogP contribution in [-0.4, -0.2) is 11.0 Å². The van der Waals surface area contributed by atoms with Crippen molar-refractivity contribution in [2.75, 3.05) is 10.6 Å². The van der Waals surface area contributed by atoms with Crippen LogP contribution < -0.4 is 10.6 Å². The van der Waals surface area contributed by atoms with Crippen LogP contribution in [0.2, 0.25) is 0 Å². The molecule has 17 heavy (non-hydrogen) atoms. The van der Waals surface area contributed by atoms with Gasteiger partial charge in [-0.1, -0.05) is 6.07 Å². The van der Waals surface area contributed by atoms with Crippen LogP contribution in [0.25, 0.3) is 0 Å². The monoisotopic (exact) mass is 245 g/mol. The summed E-state index contributed by atoms with van der Waals surface area (Å²) < 4.78 is 0. The molecule has 1 aliphatic rings. The van der Waals surface area contributed by atoms with Crippen LogP contribution in [-0.2, 0) is 6.54 Å². The molecular formula is C13H15N3S. The molecule has 2 aromatic rings. The highest BCUT2D eigenvalue weighted by Crippen LogP contribution is 2.32. The molecule has 0 radical (unpaired) electrons. The third-order valence-electron chi connectivity index (χ3n) is 2.96. The molecule has 4 heteroatoms. The topological polar surface area (TPSA) is 42.1 Å². The second-order valence-corrected chi connectivity index (χ2v) is 5.42. The van der Waals surface area contributed by atoms with E-state index in [1.165, 1.54) is 17.7 Å². The highest BCUT2D eigenvalue weighted by atomic mass is 32.1. The number of nitrogens with two attached hydrogens (primary N) is 1. The third-order valence-corrected chi connectivity index (χ3v) is 3.82. The Morgan fingerprint density at radius 2 is 2.24 bits per heavy atom. The molecule has 3 nitrogen and oxygen atoms in total. The molecule has 2 heterocycles. The summed E-state index contributed by atoms with van der Waals surface area (Å²) in [5, 5.41) is 2.12. The molecule has 0 aliphatic heterocycles. The van der Waals surface area contributed by atoms with E-state index in [4.69, 9.17) is 5.73 Å². The Kier molecular flexibility index (Phi) is 2.73. The molecule has 0 saturated heterocycles. The normalized spacial score (nSPS) is 14.8. The number of pyridine rings is 1. The lowest BCUT2D eigenvalue weighted by Gasteiger charge is -2.22. The van der Waals surface area contributed by atoms with Gasteiger partial charge in [0.15, 0.2) is 0 Å². The molecule has 1 aliphatic carbocycles. The van der Waals surface area contributed by atoms with Crippen molar-refractivity contribution in [2.24, 2.45) is 0 Å². The maximum Gasteiger partial charge on any atom is 0.129 e. The summed E-state index contributed by atoms with van der Waals surface area (Å²) in [4.78, 5) is 8.19. The van der Waals surface area contributed by atoms with Crippen molar-refractivity contribution in [3.8, 4) is 0 Å². The Bertz CT molecular complexity index is 474. The first-order valence-electron chi connectivity index (χ1n) is 5.83. The largest absolute Gasteiger partial charge is 0.397 e. The Balaban J connectivity index is 1.82. The standard InChI is InChI=1S/C13H15N3S/c14-10-3-6-13(15-8-10)16(11-4-5-11)9-12-2-1-7-17-12/h1-3,6-8,11H,4-5,9,14H2. The molecule has 0 aromatic carbocycles. The molecule has 0 amide bonds. The zero-order valence-electron chi connectivity index (χ0n) is 9.54. The van der Waals surface area contributed by atoms with Gasteiger partial charge in [0.25, 0.3) is 0 Å². The van der Waals surface area contributed by atoms with Gasteiger partial charge < -0.3 is 10.6 Å². The van der Waals surface area contributed by atoms with Gasteiger partial charge in [-0.05, 0) is 36.4 Å². The molecule has 0 unspecified atom stereocenters. The number of thiophene rings is 1. The second-order valence-electron chi connectivity index (χ2n) is 4.39. The van der Waals surface area contributed by atoms with Crippen molar-refractivity contribution in [3.63, 3.8) is 0 Å². The van der Waals surface area contributed by atoms with Crippen LogP contribution in [0.5, 0.6) is 0 Å². The van der Waals surface area contributed by atoms with Crippen LogP contribution in [0.1, 0.15) is 17.7 Å². The lowest BCUT2D eigenvalue weighted by molar-refractivity contribution is 0.787. The molecule has 0 atom stereocenters. The fourth-order valence-corrected chi connectivity index (χ4v) is 2.62. The van der Waals surface area contributed by atoms with Crippen LogP contribution in [0.3, 0.4) is 0 Å². The summed E-state index contributed by atoms with van der Waals surface area (Å²) in [5.74, 6) is 1.04. The van der Waals surface area contributed by atoms with Gasteiger partial charge in [-0.3, -0.25) is 0 Å². The van der Waals surface area contributed by atoms with E-state index in [-0.39, 0.29) is 0 Å². The van der Waals surface area contributed by atoms with E-state index in [0.29, 0.717) is 6.04 Å². The number of hydrogen-bond donors (Lipinski definition) is 1. The van der Waals surface area contributed by atoms with E-state index >= 15 is 0 Å². The van der Waals surface area contributed by atoms with Gasteiger partial charge >= 0.3 is 0 Å². The average molecular weight is 245 g/mol. The minimum Gasteiger partial charge on any atom is -0.397 e. The Labute approximate surface area is 105 Å². The number of rotatable bonds is 4. The maximum absolute atomic E-state index is 5.68. The van der Waals surface area contributed by atoms with Gasteiger partial charge in [0.2, 0.25) is 0 Å². The zero-order valence-corrected chi connectivity index (χ0v) is 10.4. The van der Waals surface area contributed by atoms with Crippen LogP contribution >= 0.6 is 11.3 Å². The van der Waals surface area contributed by atoms with Gasteiger partial charge in [0, 0.05) is 10.9 Å². The quantitative estimate of drug-likeness (QED) is 0.900. The number of nitrogens with zero attached hydrogens (tertiary/aromatic N) is 2.